The van der Waals surface area contributed by atoms with Crippen LogP contribution in [0, 0.1) is 0 Å². The summed E-state index contributed by atoms with van der Waals surface area (Å²) in [5.41, 5.74) is 1.17. The summed E-state index contributed by atoms with van der Waals surface area (Å²) >= 11 is 7.44. The van der Waals surface area contributed by atoms with E-state index in [0.29, 0.717) is 32.7 Å². The number of hydrogen-bond acceptors (Lipinski definition) is 6. The highest BCUT2D eigenvalue weighted by Gasteiger charge is 2.30. The smallest absolute Gasteiger partial charge is 0.242 e. The molecule has 0 fully saturated rings. The van der Waals surface area contributed by atoms with Gasteiger partial charge in [-0.1, -0.05) is 23.7 Å². The SMILES string of the molecule is CC(C)Oc1ccc(C(=O)c2c(O)c(O)n(-c3nccs3)c2-c2cccc(Cl)c2)cc1. The second kappa shape index (κ2) is 8.45. The lowest BCUT2D eigenvalue weighted by Crippen LogP contribution is -2.07. The van der Waals surface area contributed by atoms with Gasteiger partial charge in [-0.05, 0) is 50.2 Å². The van der Waals surface area contributed by atoms with E-state index < -0.39 is 17.4 Å². The zero-order chi connectivity index (χ0) is 22.1. The van der Waals surface area contributed by atoms with Crippen LogP contribution in [-0.2, 0) is 0 Å². The van der Waals surface area contributed by atoms with Crippen LogP contribution in [-0.4, -0.2) is 31.7 Å². The third-order valence-electron chi connectivity index (χ3n) is 4.54. The van der Waals surface area contributed by atoms with Gasteiger partial charge in [0.2, 0.25) is 5.88 Å². The van der Waals surface area contributed by atoms with Crippen LogP contribution in [0.15, 0.2) is 60.1 Å². The zero-order valence-corrected chi connectivity index (χ0v) is 18.3. The van der Waals surface area contributed by atoms with Gasteiger partial charge in [-0.3, -0.25) is 9.36 Å². The number of halogens is 1. The van der Waals surface area contributed by atoms with E-state index in [1.807, 2.05) is 13.8 Å². The van der Waals surface area contributed by atoms with Crippen molar-refractivity contribution in [2.75, 3.05) is 0 Å². The number of carbonyl (C=O) groups is 1. The number of benzene rings is 2. The third kappa shape index (κ3) is 4.02. The predicted octanol–water partition coefficient (Wildman–Crippen LogP) is 5.68. The zero-order valence-electron chi connectivity index (χ0n) is 16.7. The summed E-state index contributed by atoms with van der Waals surface area (Å²) in [5.74, 6) is -0.797. The van der Waals surface area contributed by atoms with Gasteiger partial charge in [-0.25, -0.2) is 4.98 Å². The highest BCUT2D eigenvalue weighted by Crippen LogP contribution is 2.44. The molecule has 0 unspecified atom stereocenters. The van der Waals surface area contributed by atoms with Gasteiger partial charge in [0.15, 0.2) is 16.7 Å². The van der Waals surface area contributed by atoms with Crippen LogP contribution >= 0.6 is 22.9 Å². The summed E-state index contributed by atoms with van der Waals surface area (Å²) in [5, 5.41) is 24.1. The van der Waals surface area contributed by atoms with E-state index in [1.54, 1.807) is 60.1 Å². The minimum absolute atomic E-state index is 0.00398. The molecule has 0 radical (unpaired) electrons. The first-order chi connectivity index (χ1) is 14.9. The lowest BCUT2D eigenvalue weighted by molar-refractivity contribution is 0.103. The minimum atomic E-state index is -0.516. The van der Waals surface area contributed by atoms with Crippen molar-refractivity contribution in [3.05, 3.63) is 76.3 Å². The van der Waals surface area contributed by atoms with Gasteiger partial charge in [0.1, 0.15) is 5.75 Å². The van der Waals surface area contributed by atoms with Crippen LogP contribution in [0.25, 0.3) is 16.4 Å². The molecule has 0 atom stereocenters. The number of hydrogen-bond donors (Lipinski definition) is 2. The summed E-state index contributed by atoms with van der Waals surface area (Å²) in [6, 6.07) is 13.5. The van der Waals surface area contributed by atoms with Crippen LogP contribution < -0.4 is 4.74 Å². The molecule has 0 aliphatic heterocycles. The number of ketones is 1. The van der Waals surface area contributed by atoms with Crippen molar-refractivity contribution in [3.8, 4) is 33.8 Å². The Morgan fingerprint density at radius 2 is 1.90 bits per heavy atom. The molecule has 0 aliphatic carbocycles. The molecule has 2 N–H and O–H groups in total. The van der Waals surface area contributed by atoms with E-state index in [-0.39, 0.29) is 11.7 Å². The van der Waals surface area contributed by atoms with Gasteiger partial charge in [0, 0.05) is 27.7 Å². The molecular weight excluding hydrogens is 436 g/mol. The molecule has 2 heterocycles. The van der Waals surface area contributed by atoms with Crippen molar-refractivity contribution in [2.45, 2.75) is 20.0 Å². The quantitative estimate of drug-likeness (QED) is 0.366. The molecule has 0 saturated heterocycles. The Morgan fingerprint density at radius 1 is 1.16 bits per heavy atom. The van der Waals surface area contributed by atoms with Crippen molar-refractivity contribution in [1.29, 1.82) is 0 Å². The fraction of sp³-hybridized carbons (Fsp3) is 0.130. The summed E-state index contributed by atoms with van der Waals surface area (Å²) < 4.78 is 6.99. The van der Waals surface area contributed by atoms with Gasteiger partial charge in [0.05, 0.1) is 17.4 Å². The standard InChI is InChI=1S/C23H19ClN2O4S/c1-13(2)30-17-8-6-14(7-9-17)20(27)18-19(15-4-3-5-16(24)12-15)26(22(29)21(18)28)23-25-10-11-31-23/h3-13,28-29H,1-2H3. The summed E-state index contributed by atoms with van der Waals surface area (Å²) in [7, 11) is 0. The van der Waals surface area contributed by atoms with Crippen LogP contribution in [0.2, 0.25) is 5.02 Å². The lowest BCUT2D eigenvalue weighted by Gasteiger charge is -2.11. The van der Waals surface area contributed by atoms with Crippen LogP contribution in [0.5, 0.6) is 17.4 Å². The second-order valence-corrected chi connectivity index (χ2v) is 8.39. The van der Waals surface area contributed by atoms with Gasteiger partial charge in [-0.15, -0.1) is 11.3 Å². The molecular formula is C23H19ClN2O4S. The highest BCUT2D eigenvalue weighted by molar-refractivity contribution is 7.12. The van der Waals surface area contributed by atoms with E-state index in [4.69, 9.17) is 16.3 Å². The molecule has 2 aromatic heterocycles. The Labute approximate surface area is 188 Å². The normalized spacial score (nSPS) is 11.1. The van der Waals surface area contributed by atoms with Crippen LogP contribution in [0.3, 0.4) is 0 Å². The lowest BCUT2D eigenvalue weighted by atomic mass is 9.99. The Hall–Kier alpha value is -3.29. The number of thiazole rings is 1. The molecule has 4 aromatic rings. The minimum Gasteiger partial charge on any atom is -0.503 e. The molecule has 0 saturated carbocycles. The largest absolute Gasteiger partial charge is 0.503 e. The van der Waals surface area contributed by atoms with Crippen molar-refractivity contribution in [1.82, 2.24) is 9.55 Å². The monoisotopic (exact) mass is 454 g/mol. The first-order valence-corrected chi connectivity index (χ1v) is 10.8. The molecule has 8 heteroatoms. The van der Waals surface area contributed by atoms with E-state index in [1.165, 1.54) is 15.9 Å². The maximum atomic E-state index is 13.4. The Kier molecular flexibility index (Phi) is 5.71. The fourth-order valence-corrected chi connectivity index (χ4v) is 4.12. The number of rotatable bonds is 6. The second-order valence-electron chi connectivity index (χ2n) is 7.08. The van der Waals surface area contributed by atoms with Gasteiger partial charge < -0.3 is 14.9 Å². The molecule has 0 spiro atoms. The number of carbonyl (C=O) groups excluding carboxylic acids is 1. The maximum absolute atomic E-state index is 13.4. The molecule has 158 valence electrons. The third-order valence-corrected chi connectivity index (χ3v) is 5.54. The van der Waals surface area contributed by atoms with E-state index >= 15 is 0 Å². The molecule has 0 bridgehead atoms. The number of aromatic hydroxyl groups is 2. The molecule has 2 aromatic carbocycles. The van der Waals surface area contributed by atoms with Crippen molar-refractivity contribution < 1.29 is 19.7 Å². The first kappa shape index (κ1) is 21.0. The van der Waals surface area contributed by atoms with E-state index in [9.17, 15) is 15.0 Å². The highest BCUT2D eigenvalue weighted by atomic mass is 35.5. The summed E-state index contributed by atoms with van der Waals surface area (Å²) in [4.78, 5) is 17.7. The number of ether oxygens (including phenoxy) is 1. The number of aromatic nitrogens is 2. The predicted molar refractivity (Wildman–Crippen MR) is 121 cm³/mol. The summed E-state index contributed by atoms with van der Waals surface area (Å²) in [6.45, 7) is 3.83. The van der Waals surface area contributed by atoms with Crippen LogP contribution in [0.1, 0.15) is 29.8 Å². The van der Waals surface area contributed by atoms with Crippen molar-refractivity contribution in [3.63, 3.8) is 0 Å². The fourth-order valence-electron chi connectivity index (χ4n) is 3.29. The Morgan fingerprint density at radius 3 is 2.52 bits per heavy atom. The Balaban J connectivity index is 1.89. The van der Waals surface area contributed by atoms with Crippen LogP contribution in [0.4, 0.5) is 0 Å². The average molecular weight is 455 g/mol. The topological polar surface area (TPSA) is 84.6 Å². The number of nitrogens with zero attached hydrogens (tertiary/aromatic N) is 2. The van der Waals surface area contributed by atoms with Gasteiger partial charge in [0.25, 0.3) is 0 Å². The van der Waals surface area contributed by atoms with Gasteiger partial charge >= 0.3 is 0 Å². The van der Waals surface area contributed by atoms with Crippen molar-refractivity contribution in [2.24, 2.45) is 0 Å². The molecule has 6 nitrogen and oxygen atoms in total. The maximum Gasteiger partial charge on any atom is 0.242 e. The summed E-state index contributed by atoms with van der Waals surface area (Å²) in [6.07, 6.45) is 1.58. The van der Waals surface area contributed by atoms with E-state index in [0.717, 1.165) is 0 Å². The molecule has 0 aliphatic rings. The molecule has 31 heavy (non-hydrogen) atoms. The molecule has 0 amide bonds. The van der Waals surface area contributed by atoms with Crippen molar-refractivity contribution >= 4 is 28.7 Å². The molecule has 4 rings (SSSR count). The van der Waals surface area contributed by atoms with E-state index in [2.05, 4.69) is 4.98 Å². The Bertz CT molecular complexity index is 1230. The first-order valence-electron chi connectivity index (χ1n) is 9.50. The average Bonchev–Trinajstić information content (AvgIpc) is 3.35. The van der Waals surface area contributed by atoms with Gasteiger partial charge in [-0.2, -0.15) is 0 Å².